The minimum absolute atomic E-state index is 0.117. The summed E-state index contributed by atoms with van der Waals surface area (Å²) >= 11 is 0. The lowest BCUT2D eigenvalue weighted by Gasteiger charge is -2.30. The Labute approximate surface area is 141 Å². The third kappa shape index (κ3) is 3.46. The van der Waals surface area contributed by atoms with Crippen molar-refractivity contribution in [3.8, 4) is 6.07 Å². The van der Waals surface area contributed by atoms with Gasteiger partial charge in [0.2, 0.25) is 0 Å². The second-order valence-corrected chi connectivity index (χ2v) is 6.29. The first-order valence-corrected chi connectivity index (χ1v) is 8.31. The van der Waals surface area contributed by atoms with Gasteiger partial charge in [0.25, 0.3) is 0 Å². The Morgan fingerprint density at radius 2 is 2.21 bits per heavy atom. The van der Waals surface area contributed by atoms with Crippen LogP contribution in [0.1, 0.15) is 44.2 Å². The quantitative estimate of drug-likeness (QED) is 0.531. The van der Waals surface area contributed by atoms with E-state index in [-0.39, 0.29) is 5.92 Å². The minimum Gasteiger partial charge on any atom is -0.346 e. The predicted octanol–water partition coefficient (Wildman–Crippen LogP) is 3.37. The van der Waals surface area contributed by atoms with Gasteiger partial charge in [-0.3, -0.25) is 5.01 Å². The molecule has 0 spiro atoms. The van der Waals surface area contributed by atoms with Gasteiger partial charge in [0.1, 0.15) is 12.0 Å². The molecule has 1 aliphatic carbocycles. The molecule has 1 aliphatic rings. The Morgan fingerprint density at radius 1 is 1.42 bits per heavy atom. The van der Waals surface area contributed by atoms with E-state index in [4.69, 9.17) is 5.26 Å². The number of nitrogens with zero attached hydrogens (tertiary/aromatic N) is 5. The molecule has 124 valence electrons. The first-order chi connectivity index (χ1) is 11.7. The SMILES string of the molecule is CC(/C=N\N(C)C1CCC(=CC#N)CC1)c1ncnc2[nH]ccc12. The van der Waals surface area contributed by atoms with Crippen molar-refractivity contribution in [2.24, 2.45) is 5.10 Å². The van der Waals surface area contributed by atoms with Gasteiger partial charge in [-0.05, 0) is 31.7 Å². The van der Waals surface area contributed by atoms with Crippen molar-refractivity contribution in [3.63, 3.8) is 0 Å². The van der Waals surface area contributed by atoms with E-state index in [0.717, 1.165) is 42.4 Å². The van der Waals surface area contributed by atoms with Gasteiger partial charge in [0.05, 0.1) is 11.8 Å². The Morgan fingerprint density at radius 3 is 2.96 bits per heavy atom. The standard InChI is InChI=1S/C18H22N6/c1-13(17-16-8-10-20-18(16)22-12-21-17)11-23-24(2)15-5-3-14(4-6-15)7-9-19/h7-8,10-13,15H,3-6H2,1-2H3,(H,20,21,22)/b14-7?,23-11-. The lowest BCUT2D eigenvalue weighted by Crippen LogP contribution is -2.30. The Balaban J connectivity index is 1.64. The lowest BCUT2D eigenvalue weighted by atomic mass is 9.90. The van der Waals surface area contributed by atoms with Gasteiger partial charge in [-0.2, -0.15) is 10.4 Å². The molecule has 24 heavy (non-hydrogen) atoms. The zero-order chi connectivity index (χ0) is 16.9. The molecule has 0 saturated heterocycles. The summed E-state index contributed by atoms with van der Waals surface area (Å²) in [4.78, 5) is 11.8. The molecular formula is C18H22N6. The molecular weight excluding hydrogens is 300 g/mol. The van der Waals surface area contributed by atoms with E-state index in [2.05, 4.69) is 38.1 Å². The Bertz CT molecular complexity index is 787. The van der Waals surface area contributed by atoms with Crippen LogP contribution >= 0.6 is 0 Å². The fourth-order valence-corrected chi connectivity index (χ4v) is 3.21. The number of hydrogen-bond acceptors (Lipinski definition) is 5. The third-order valence-electron chi connectivity index (χ3n) is 4.68. The molecule has 1 unspecified atom stereocenters. The largest absolute Gasteiger partial charge is 0.346 e. The van der Waals surface area contributed by atoms with E-state index < -0.39 is 0 Å². The molecule has 0 aromatic carbocycles. The van der Waals surface area contributed by atoms with Crippen LogP contribution in [0.2, 0.25) is 0 Å². The molecule has 6 nitrogen and oxygen atoms in total. The number of hydrogen-bond donors (Lipinski definition) is 1. The van der Waals surface area contributed by atoms with Crippen molar-refractivity contribution in [1.29, 1.82) is 5.26 Å². The van der Waals surface area contributed by atoms with Crippen LogP contribution in [-0.4, -0.2) is 39.3 Å². The molecule has 0 bridgehead atoms. The summed E-state index contributed by atoms with van der Waals surface area (Å²) < 4.78 is 0. The Hall–Kier alpha value is -2.68. The number of nitriles is 1. The summed E-state index contributed by atoms with van der Waals surface area (Å²) in [6, 6.07) is 4.57. The molecule has 3 rings (SSSR count). The zero-order valence-electron chi connectivity index (χ0n) is 14.1. The summed E-state index contributed by atoms with van der Waals surface area (Å²) in [6.45, 7) is 2.10. The summed E-state index contributed by atoms with van der Waals surface area (Å²) in [6.07, 6.45) is 11.2. The third-order valence-corrected chi connectivity index (χ3v) is 4.68. The smallest absolute Gasteiger partial charge is 0.140 e. The maximum atomic E-state index is 8.73. The normalized spacial score (nSPS) is 19.4. The first-order valence-electron chi connectivity index (χ1n) is 8.31. The van der Waals surface area contributed by atoms with E-state index in [1.165, 1.54) is 5.57 Å². The van der Waals surface area contributed by atoms with Crippen LogP contribution in [0.25, 0.3) is 11.0 Å². The van der Waals surface area contributed by atoms with E-state index in [0.29, 0.717) is 6.04 Å². The first kappa shape index (κ1) is 16.2. The fourth-order valence-electron chi connectivity index (χ4n) is 3.21. The van der Waals surface area contributed by atoms with Crippen molar-refractivity contribution >= 4 is 17.2 Å². The number of aromatic nitrogens is 3. The summed E-state index contributed by atoms with van der Waals surface area (Å²) in [5, 5.41) is 16.5. The lowest BCUT2D eigenvalue weighted by molar-refractivity contribution is 0.215. The molecule has 0 aliphatic heterocycles. The molecule has 1 fully saturated rings. The van der Waals surface area contributed by atoms with E-state index >= 15 is 0 Å². The molecule has 0 amide bonds. The second kappa shape index (κ2) is 7.26. The van der Waals surface area contributed by atoms with Crippen LogP contribution in [0.4, 0.5) is 0 Å². The predicted molar refractivity (Wildman–Crippen MR) is 94.5 cm³/mol. The molecule has 1 N–H and O–H groups in total. The van der Waals surface area contributed by atoms with Gasteiger partial charge in [0, 0.05) is 42.9 Å². The average molecular weight is 322 g/mol. The monoisotopic (exact) mass is 322 g/mol. The molecule has 2 aromatic rings. The highest BCUT2D eigenvalue weighted by Crippen LogP contribution is 2.26. The van der Waals surface area contributed by atoms with Gasteiger partial charge in [0.15, 0.2) is 0 Å². The number of hydrazone groups is 1. The topological polar surface area (TPSA) is 81.0 Å². The highest BCUT2D eigenvalue weighted by molar-refractivity contribution is 5.82. The van der Waals surface area contributed by atoms with Gasteiger partial charge in [-0.1, -0.05) is 12.5 Å². The van der Waals surface area contributed by atoms with Crippen LogP contribution in [0.15, 0.2) is 35.3 Å². The number of allylic oxidation sites excluding steroid dienone is 2. The van der Waals surface area contributed by atoms with Crippen molar-refractivity contribution < 1.29 is 0 Å². The highest BCUT2D eigenvalue weighted by Gasteiger charge is 2.20. The molecule has 6 heteroatoms. The minimum atomic E-state index is 0.117. The molecule has 1 atom stereocenters. The van der Waals surface area contributed by atoms with Crippen molar-refractivity contribution in [2.45, 2.75) is 44.6 Å². The fraction of sp³-hybridized carbons (Fsp3) is 0.444. The number of fused-ring (bicyclic) bond motifs is 1. The van der Waals surface area contributed by atoms with Crippen LogP contribution in [0.3, 0.4) is 0 Å². The van der Waals surface area contributed by atoms with E-state index in [1.54, 1.807) is 12.4 Å². The highest BCUT2D eigenvalue weighted by atomic mass is 15.4. The molecule has 2 aromatic heterocycles. The van der Waals surface area contributed by atoms with E-state index in [1.807, 2.05) is 25.5 Å². The summed E-state index contributed by atoms with van der Waals surface area (Å²) in [5.41, 5.74) is 3.11. The maximum Gasteiger partial charge on any atom is 0.140 e. The molecule has 0 radical (unpaired) electrons. The maximum absolute atomic E-state index is 8.73. The number of rotatable bonds is 4. The number of H-pyrrole nitrogens is 1. The zero-order valence-corrected chi connectivity index (χ0v) is 14.1. The summed E-state index contributed by atoms with van der Waals surface area (Å²) in [5.74, 6) is 0.117. The van der Waals surface area contributed by atoms with Gasteiger partial charge >= 0.3 is 0 Å². The Kier molecular flexibility index (Phi) is 4.90. The van der Waals surface area contributed by atoms with Crippen molar-refractivity contribution in [1.82, 2.24) is 20.0 Å². The van der Waals surface area contributed by atoms with Gasteiger partial charge in [-0.25, -0.2) is 9.97 Å². The van der Waals surface area contributed by atoms with Crippen LogP contribution in [-0.2, 0) is 0 Å². The van der Waals surface area contributed by atoms with Gasteiger partial charge in [-0.15, -0.1) is 0 Å². The van der Waals surface area contributed by atoms with Gasteiger partial charge < -0.3 is 4.98 Å². The summed E-state index contributed by atoms with van der Waals surface area (Å²) in [7, 11) is 2.03. The molecule has 1 saturated carbocycles. The number of nitrogens with one attached hydrogen (secondary N) is 1. The van der Waals surface area contributed by atoms with Crippen LogP contribution in [0.5, 0.6) is 0 Å². The van der Waals surface area contributed by atoms with Crippen molar-refractivity contribution in [3.05, 3.63) is 35.9 Å². The average Bonchev–Trinajstić information content (AvgIpc) is 3.09. The van der Waals surface area contributed by atoms with E-state index in [9.17, 15) is 0 Å². The van der Waals surface area contributed by atoms with Crippen LogP contribution in [0, 0.1) is 11.3 Å². The number of aromatic amines is 1. The molecule has 2 heterocycles. The second-order valence-electron chi connectivity index (χ2n) is 6.29. The van der Waals surface area contributed by atoms with Crippen LogP contribution < -0.4 is 0 Å². The van der Waals surface area contributed by atoms with Crippen molar-refractivity contribution in [2.75, 3.05) is 7.05 Å².